The zero-order chi connectivity index (χ0) is 16.9. The lowest BCUT2D eigenvalue weighted by Gasteiger charge is -2.09. The van der Waals surface area contributed by atoms with E-state index in [2.05, 4.69) is 20.5 Å². The summed E-state index contributed by atoms with van der Waals surface area (Å²) in [4.78, 5) is 16.2. The standard InChI is InChI=1S/C16H12Cl2N4O2.2ClH/c17-11-1-2-13(18)15(6-11)24-9-10-3-4-19-14(5-10)16(23)22-12-7-20-21-8-12;;/h1-8H,9H2,(H,20,21)(H,22,23);2*1H. The lowest BCUT2D eigenvalue weighted by Crippen LogP contribution is -2.13. The molecule has 3 aromatic rings. The topological polar surface area (TPSA) is 79.9 Å². The zero-order valence-electron chi connectivity index (χ0n) is 13.1. The summed E-state index contributed by atoms with van der Waals surface area (Å²) in [5.41, 5.74) is 1.61. The van der Waals surface area contributed by atoms with E-state index < -0.39 is 0 Å². The fourth-order valence-corrected chi connectivity index (χ4v) is 2.29. The third kappa shape index (κ3) is 5.78. The number of hydrogen-bond acceptors (Lipinski definition) is 4. The van der Waals surface area contributed by atoms with Crippen LogP contribution in [0.15, 0.2) is 48.9 Å². The number of nitrogens with zero attached hydrogens (tertiary/aromatic N) is 2. The number of carbonyl (C=O) groups excluding carboxylic acids is 1. The van der Waals surface area contributed by atoms with Crippen LogP contribution < -0.4 is 10.1 Å². The lowest BCUT2D eigenvalue weighted by atomic mass is 10.2. The van der Waals surface area contributed by atoms with E-state index in [-0.39, 0.29) is 43.0 Å². The highest BCUT2D eigenvalue weighted by molar-refractivity contribution is 6.34. The van der Waals surface area contributed by atoms with Gasteiger partial charge in [-0.05, 0) is 29.8 Å². The van der Waals surface area contributed by atoms with Gasteiger partial charge in [0.1, 0.15) is 18.1 Å². The average Bonchev–Trinajstić information content (AvgIpc) is 3.09. The molecular weight excluding hydrogens is 422 g/mol. The molecule has 3 rings (SSSR count). The van der Waals surface area contributed by atoms with Gasteiger partial charge in [-0.1, -0.05) is 23.2 Å². The Labute approximate surface area is 172 Å². The summed E-state index contributed by atoms with van der Waals surface area (Å²) in [5.74, 6) is 0.143. The van der Waals surface area contributed by atoms with E-state index in [1.54, 1.807) is 42.7 Å². The highest BCUT2D eigenvalue weighted by Gasteiger charge is 2.10. The summed E-state index contributed by atoms with van der Waals surface area (Å²) < 4.78 is 5.65. The molecule has 138 valence electrons. The number of amides is 1. The van der Waals surface area contributed by atoms with Crippen molar-refractivity contribution in [3.05, 3.63) is 70.2 Å². The first-order valence-corrected chi connectivity index (χ1v) is 7.70. The van der Waals surface area contributed by atoms with E-state index >= 15 is 0 Å². The Kier molecular flexibility index (Phi) is 8.68. The molecule has 0 unspecified atom stereocenters. The molecule has 0 saturated carbocycles. The highest BCUT2D eigenvalue weighted by atomic mass is 35.5. The fourth-order valence-electron chi connectivity index (χ4n) is 1.95. The van der Waals surface area contributed by atoms with Crippen LogP contribution in [0.3, 0.4) is 0 Å². The van der Waals surface area contributed by atoms with Gasteiger partial charge in [0.05, 0.1) is 16.9 Å². The number of benzene rings is 1. The Morgan fingerprint density at radius 2 is 2.00 bits per heavy atom. The van der Waals surface area contributed by atoms with Gasteiger partial charge in [0.2, 0.25) is 0 Å². The predicted molar refractivity (Wildman–Crippen MR) is 106 cm³/mol. The molecule has 0 aliphatic heterocycles. The molecular formula is C16H14Cl4N4O2. The molecule has 0 spiro atoms. The maximum absolute atomic E-state index is 12.1. The molecule has 0 atom stereocenters. The van der Waals surface area contributed by atoms with Crippen LogP contribution in [0.4, 0.5) is 5.69 Å². The zero-order valence-corrected chi connectivity index (χ0v) is 16.3. The predicted octanol–water partition coefficient (Wildman–Crippen LogP) is 4.79. The Bertz CT molecular complexity index is 859. The Hall–Kier alpha value is -1.99. The van der Waals surface area contributed by atoms with Crippen molar-refractivity contribution >= 4 is 59.6 Å². The van der Waals surface area contributed by atoms with Crippen molar-refractivity contribution in [2.75, 3.05) is 5.32 Å². The molecule has 0 aliphatic rings. The Balaban J connectivity index is 0.00000169. The molecule has 10 heteroatoms. The first kappa shape index (κ1) is 22.1. The molecule has 26 heavy (non-hydrogen) atoms. The van der Waals surface area contributed by atoms with E-state index in [4.69, 9.17) is 27.9 Å². The Morgan fingerprint density at radius 1 is 1.19 bits per heavy atom. The summed E-state index contributed by atoms with van der Waals surface area (Å²) in [6.07, 6.45) is 4.63. The van der Waals surface area contributed by atoms with Gasteiger partial charge < -0.3 is 10.1 Å². The molecule has 2 aromatic heterocycles. The summed E-state index contributed by atoms with van der Waals surface area (Å²) in [6, 6.07) is 8.38. The van der Waals surface area contributed by atoms with Gasteiger partial charge in [-0.3, -0.25) is 14.9 Å². The van der Waals surface area contributed by atoms with Crippen molar-refractivity contribution in [3.63, 3.8) is 0 Å². The van der Waals surface area contributed by atoms with Gasteiger partial charge in [-0.25, -0.2) is 0 Å². The number of aromatic amines is 1. The number of aromatic nitrogens is 3. The normalized spacial score (nSPS) is 9.62. The summed E-state index contributed by atoms with van der Waals surface area (Å²) in [6.45, 7) is 0.231. The minimum absolute atomic E-state index is 0. The van der Waals surface area contributed by atoms with Crippen molar-refractivity contribution in [1.82, 2.24) is 15.2 Å². The molecule has 2 heterocycles. The molecule has 0 radical (unpaired) electrons. The SMILES string of the molecule is Cl.Cl.O=C(Nc1cn[nH]c1)c1cc(COc2cc(Cl)ccc2Cl)ccn1. The first-order chi connectivity index (χ1) is 11.6. The number of anilines is 1. The monoisotopic (exact) mass is 434 g/mol. The Morgan fingerprint density at radius 3 is 2.73 bits per heavy atom. The minimum atomic E-state index is -0.334. The fraction of sp³-hybridized carbons (Fsp3) is 0.0625. The minimum Gasteiger partial charge on any atom is -0.487 e. The summed E-state index contributed by atoms with van der Waals surface area (Å²) >= 11 is 12.0. The van der Waals surface area contributed by atoms with Gasteiger partial charge >= 0.3 is 0 Å². The molecule has 2 N–H and O–H groups in total. The number of hydrogen-bond donors (Lipinski definition) is 2. The van der Waals surface area contributed by atoms with E-state index in [1.165, 1.54) is 6.20 Å². The van der Waals surface area contributed by atoms with Crippen LogP contribution >= 0.6 is 48.0 Å². The molecule has 1 amide bonds. The van der Waals surface area contributed by atoms with E-state index in [0.29, 0.717) is 21.5 Å². The second-order valence-corrected chi connectivity index (χ2v) is 5.70. The van der Waals surface area contributed by atoms with Crippen LogP contribution in [0.25, 0.3) is 0 Å². The number of H-pyrrole nitrogens is 1. The second kappa shape index (κ2) is 10.2. The van der Waals surface area contributed by atoms with Gasteiger partial charge in [0, 0.05) is 23.5 Å². The number of ether oxygens (including phenoxy) is 1. The van der Waals surface area contributed by atoms with Crippen LogP contribution in [-0.4, -0.2) is 21.1 Å². The molecule has 0 saturated heterocycles. The van der Waals surface area contributed by atoms with Crippen LogP contribution in [0, 0.1) is 0 Å². The van der Waals surface area contributed by atoms with Crippen molar-refractivity contribution in [2.45, 2.75) is 6.61 Å². The third-order valence-electron chi connectivity index (χ3n) is 3.10. The number of pyridine rings is 1. The molecule has 1 aromatic carbocycles. The third-order valence-corrected chi connectivity index (χ3v) is 3.65. The molecule has 0 bridgehead atoms. The van der Waals surface area contributed by atoms with Gasteiger partial charge in [-0.15, -0.1) is 24.8 Å². The molecule has 0 fully saturated rings. The number of nitrogens with one attached hydrogen (secondary N) is 2. The quantitative estimate of drug-likeness (QED) is 0.603. The van der Waals surface area contributed by atoms with Crippen LogP contribution in [0.2, 0.25) is 10.0 Å². The van der Waals surface area contributed by atoms with Crippen molar-refractivity contribution in [3.8, 4) is 5.75 Å². The lowest BCUT2D eigenvalue weighted by molar-refractivity contribution is 0.102. The van der Waals surface area contributed by atoms with Crippen LogP contribution in [0.1, 0.15) is 16.1 Å². The van der Waals surface area contributed by atoms with Gasteiger partial charge in [0.25, 0.3) is 5.91 Å². The second-order valence-electron chi connectivity index (χ2n) is 4.85. The van der Waals surface area contributed by atoms with Crippen LogP contribution in [0.5, 0.6) is 5.75 Å². The van der Waals surface area contributed by atoms with Crippen molar-refractivity contribution in [1.29, 1.82) is 0 Å². The summed E-state index contributed by atoms with van der Waals surface area (Å²) in [7, 11) is 0. The van der Waals surface area contributed by atoms with E-state index in [0.717, 1.165) is 5.56 Å². The maximum Gasteiger partial charge on any atom is 0.274 e. The number of carbonyl (C=O) groups is 1. The van der Waals surface area contributed by atoms with Crippen molar-refractivity contribution in [2.24, 2.45) is 0 Å². The van der Waals surface area contributed by atoms with Crippen molar-refractivity contribution < 1.29 is 9.53 Å². The summed E-state index contributed by atoms with van der Waals surface area (Å²) in [5, 5.41) is 10.1. The molecule has 6 nitrogen and oxygen atoms in total. The van der Waals surface area contributed by atoms with Crippen LogP contribution in [-0.2, 0) is 6.61 Å². The number of halogens is 4. The maximum atomic E-state index is 12.1. The number of rotatable bonds is 5. The molecule has 0 aliphatic carbocycles. The average molecular weight is 436 g/mol. The largest absolute Gasteiger partial charge is 0.487 e. The van der Waals surface area contributed by atoms with Gasteiger partial charge in [-0.2, -0.15) is 5.10 Å². The highest BCUT2D eigenvalue weighted by Crippen LogP contribution is 2.28. The smallest absolute Gasteiger partial charge is 0.274 e. The first-order valence-electron chi connectivity index (χ1n) is 6.95. The van der Waals surface area contributed by atoms with E-state index in [9.17, 15) is 4.79 Å². The van der Waals surface area contributed by atoms with E-state index in [1.807, 2.05) is 0 Å². The van der Waals surface area contributed by atoms with Gasteiger partial charge in [0.15, 0.2) is 0 Å².